The molecule has 0 aliphatic heterocycles. The van der Waals surface area contributed by atoms with Crippen molar-refractivity contribution in [1.82, 2.24) is 4.57 Å². The smallest absolute Gasteiger partial charge is 0.141 e. The summed E-state index contributed by atoms with van der Waals surface area (Å²) < 4.78 is 4.41. The highest BCUT2D eigenvalue weighted by atomic mass is 32.2. The average molecular weight is 325 g/mol. The maximum atomic E-state index is 2.20. The van der Waals surface area contributed by atoms with Crippen LogP contribution in [0.25, 0.3) is 0 Å². The van der Waals surface area contributed by atoms with Gasteiger partial charge in [-0.2, -0.15) is 0 Å². The van der Waals surface area contributed by atoms with Gasteiger partial charge in [0, 0.05) is 0 Å². The molecule has 0 fully saturated rings. The third kappa shape index (κ3) is 3.59. The lowest BCUT2D eigenvalue weighted by Crippen LogP contribution is -2.53. The van der Waals surface area contributed by atoms with Gasteiger partial charge in [0.05, 0.1) is 19.8 Å². The molecule has 22 heavy (non-hydrogen) atoms. The van der Waals surface area contributed by atoms with Crippen LogP contribution in [0.15, 0.2) is 82.8 Å². The third-order valence-electron chi connectivity index (χ3n) is 3.42. The summed E-state index contributed by atoms with van der Waals surface area (Å²) in [5.74, 6) is 0. The molecule has 1 heterocycles. The molecule has 0 atom stereocenters. The largest absolute Gasteiger partial charge is 0.349 e. The molecule has 1 radical (unpaired) electrons. The van der Waals surface area contributed by atoms with Gasteiger partial charge in [0.15, 0.2) is 0 Å². The molecule has 2 nitrogen and oxygen atoms in total. The third-order valence-corrected chi connectivity index (χ3v) is 5.94. The Labute approximate surface area is 140 Å². The van der Waals surface area contributed by atoms with Crippen LogP contribution in [0.2, 0.25) is 0 Å². The van der Waals surface area contributed by atoms with Gasteiger partial charge in [0.1, 0.15) is 17.7 Å². The molecule has 3 aromatic rings. The number of aromatic nitrogens is 2. The van der Waals surface area contributed by atoms with E-state index < -0.39 is 0 Å². The van der Waals surface area contributed by atoms with Crippen molar-refractivity contribution in [2.75, 3.05) is 0 Å². The van der Waals surface area contributed by atoms with Crippen LogP contribution in [0.4, 0.5) is 0 Å². The Morgan fingerprint density at radius 2 is 1.36 bits per heavy atom. The number of hydrogen-bond donors (Lipinski definition) is 0. The Balaban J connectivity index is 1.92. The summed E-state index contributed by atoms with van der Waals surface area (Å²) in [6.45, 7) is 0. The minimum absolute atomic E-state index is 0.301. The van der Waals surface area contributed by atoms with Gasteiger partial charge in [-0.05, 0) is 9.79 Å². The lowest BCUT2D eigenvalue weighted by atomic mass is 10.1. The minimum Gasteiger partial charge on any atom is -0.349 e. The van der Waals surface area contributed by atoms with Crippen molar-refractivity contribution >= 4 is 34.2 Å². The van der Waals surface area contributed by atoms with Crippen LogP contribution >= 0.6 is 23.2 Å². The Bertz CT molecular complexity index is 668. The number of nitrogens with zero attached hydrogens (tertiary/aromatic N) is 2. The van der Waals surface area contributed by atoms with E-state index in [4.69, 9.17) is 0 Å². The van der Waals surface area contributed by atoms with Crippen molar-refractivity contribution in [3.05, 3.63) is 73.1 Å². The molecule has 0 saturated heterocycles. The van der Waals surface area contributed by atoms with E-state index in [1.807, 2.05) is 23.2 Å². The van der Waals surface area contributed by atoms with Crippen LogP contribution in [0.1, 0.15) is 0 Å². The molecule has 0 aliphatic carbocycles. The second-order valence-electron chi connectivity index (χ2n) is 5.07. The van der Waals surface area contributed by atoms with E-state index in [1.54, 1.807) is 0 Å². The second kappa shape index (κ2) is 7.12. The van der Waals surface area contributed by atoms with E-state index in [0.717, 1.165) is 0 Å². The molecule has 5 heteroatoms. The number of rotatable bonds is 5. The van der Waals surface area contributed by atoms with Crippen LogP contribution in [-0.4, -0.2) is 9.84 Å². The molecule has 0 spiro atoms. The SMILES string of the molecule is Cn1cc[n+](C)c1[B-](Sc1ccccc1)Sc1ccccc1. The minimum atomic E-state index is 0.301. The molecule has 0 saturated carbocycles. The van der Waals surface area contributed by atoms with Gasteiger partial charge in [-0.15, -0.1) is 0 Å². The Hall–Kier alpha value is -1.59. The Morgan fingerprint density at radius 1 is 0.864 bits per heavy atom. The van der Waals surface area contributed by atoms with E-state index >= 15 is 0 Å². The summed E-state index contributed by atoms with van der Waals surface area (Å²) >= 11 is 3.78. The summed E-state index contributed by atoms with van der Waals surface area (Å²) in [6.07, 6.45) is 4.22. The molecule has 0 N–H and O–H groups in total. The van der Waals surface area contributed by atoms with Crippen molar-refractivity contribution in [1.29, 1.82) is 0 Å². The van der Waals surface area contributed by atoms with Crippen LogP contribution in [0, 0.1) is 0 Å². The maximum absolute atomic E-state index is 2.20. The van der Waals surface area contributed by atoms with Crippen molar-refractivity contribution in [2.45, 2.75) is 9.79 Å². The number of aryl methyl sites for hydroxylation is 2. The zero-order chi connectivity index (χ0) is 15.4. The van der Waals surface area contributed by atoms with E-state index in [2.05, 4.69) is 96.3 Å². The van der Waals surface area contributed by atoms with E-state index in [0.29, 0.717) is 5.27 Å². The summed E-state index contributed by atoms with van der Waals surface area (Å²) in [6, 6.07) is 21.2. The van der Waals surface area contributed by atoms with Crippen LogP contribution in [0.5, 0.6) is 0 Å². The summed E-state index contributed by atoms with van der Waals surface area (Å²) in [5, 5.41) is 0.301. The average Bonchev–Trinajstić information content (AvgIpc) is 2.88. The highest BCUT2D eigenvalue weighted by molar-refractivity contribution is 8.55. The van der Waals surface area contributed by atoms with Crippen LogP contribution < -0.4 is 10.3 Å². The van der Waals surface area contributed by atoms with Gasteiger partial charge < -0.3 is 23.2 Å². The molecule has 0 aliphatic rings. The zero-order valence-electron chi connectivity index (χ0n) is 12.7. The topological polar surface area (TPSA) is 8.81 Å². The Kier molecular flexibility index (Phi) is 4.95. The fourth-order valence-corrected chi connectivity index (χ4v) is 5.17. The first-order valence-electron chi connectivity index (χ1n) is 7.18. The van der Waals surface area contributed by atoms with Gasteiger partial charge in [0.25, 0.3) is 0 Å². The zero-order valence-corrected chi connectivity index (χ0v) is 14.3. The molecule has 0 bridgehead atoms. The summed E-state index contributed by atoms with van der Waals surface area (Å²) in [4.78, 5) is 2.58. The molecule has 2 aromatic carbocycles. The quantitative estimate of drug-likeness (QED) is 0.526. The molecule has 0 amide bonds. The Morgan fingerprint density at radius 3 is 1.77 bits per heavy atom. The fraction of sp³-hybridized carbons (Fsp3) is 0.118. The van der Waals surface area contributed by atoms with Gasteiger partial charge in [0.2, 0.25) is 0 Å². The highest BCUT2D eigenvalue weighted by Gasteiger charge is 2.16. The summed E-state index contributed by atoms with van der Waals surface area (Å²) in [5.41, 5.74) is 1.29. The predicted octanol–water partition coefficient (Wildman–Crippen LogP) is 3.13. The van der Waals surface area contributed by atoms with Gasteiger partial charge in [-0.25, -0.2) is 0 Å². The first-order chi connectivity index (χ1) is 10.7. The predicted molar refractivity (Wildman–Crippen MR) is 96.6 cm³/mol. The van der Waals surface area contributed by atoms with Crippen LogP contribution in [0.3, 0.4) is 0 Å². The van der Waals surface area contributed by atoms with Gasteiger partial charge >= 0.3 is 0 Å². The summed E-state index contributed by atoms with van der Waals surface area (Å²) in [7, 11) is 4.22. The van der Waals surface area contributed by atoms with Crippen molar-refractivity contribution in [3.63, 3.8) is 0 Å². The first kappa shape index (κ1) is 15.3. The molecule has 3 rings (SSSR count). The highest BCUT2D eigenvalue weighted by Crippen LogP contribution is 2.31. The number of benzene rings is 2. The molecular weight excluding hydrogens is 307 g/mol. The first-order valence-corrected chi connectivity index (χ1v) is 8.94. The molecule has 1 aromatic heterocycles. The van der Waals surface area contributed by atoms with E-state index in [1.165, 1.54) is 15.5 Å². The number of imidazole rings is 1. The van der Waals surface area contributed by atoms with Gasteiger partial charge in [-0.3, -0.25) is 9.13 Å². The molecule has 0 unspecified atom stereocenters. The maximum Gasteiger partial charge on any atom is 0.141 e. The molecule has 111 valence electrons. The van der Waals surface area contributed by atoms with Crippen molar-refractivity contribution in [3.8, 4) is 0 Å². The van der Waals surface area contributed by atoms with Crippen LogP contribution in [-0.2, 0) is 14.1 Å². The monoisotopic (exact) mass is 325 g/mol. The lowest BCUT2D eigenvalue weighted by molar-refractivity contribution is -0.652. The second-order valence-corrected chi connectivity index (χ2v) is 7.73. The van der Waals surface area contributed by atoms with Crippen molar-refractivity contribution in [2.24, 2.45) is 14.1 Å². The standard InChI is InChI=1S/C17H18BN2S2/c1-19-13-14-20(2)17(19)18(21-15-9-5-3-6-10-15)22-16-11-7-4-8-12-16/h3-14H,1-2H3. The van der Waals surface area contributed by atoms with E-state index in [9.17, 15) is 0 Å². The van der Waals surface area contributed by atoms with E-state index in [-0.39, 0.29) is 0 Å². The van der Waals surface area contributed by atoms with Gasteiger partial charge in [-0.1, -0.05) is 60.7 Å². The molecular formula is C17H18BN2S2. The normalized spacial score (nSPS) is 11.0. The van der Waals surface area contributed by atoms with Crippen molar-refractivity contribution < 1.29 is 4.57 Å². The number of hydrogen-bond acceptors (Lipinski definition) is 2. The lowest BCUT2D eigenvalue weighted by Gasteiger charge is -2.25. The fourth-order valence-electron chi connectivity index (χ4n) is 2.31.